The minimum absolute atomic E-state index is 0.0272. The molecule has 3 heteroatoms. The Kier molecular flexibility index (Phi) is 5.32. The van der Waals surface area contributed by atoms with Crippen LogP contribution in [-0.2, 0) is 4.79 Å². The monoisotopic (exact) mass is 305 g/mol. The van der Waals surface area contributed by atoms with E-state index in [9.17, 15) is 9.59 Å². The van der Waals surface area contributed by atoms with Gasteiger partial charge in [-0.15, -0.1) is 6.42 Å². The molecule has 0 heterocycles. The second-order valence-electron chi connectivity index (χ2n) is 5.50. The molecule has 0 saturated heterocycles. The van der Waals surface area contributed by atoms with Gasteiger partial charge in [-0.05, 0) is 49.2 Å². The van der Waals surface area contributed by atoms with Crippen molar-refractivity contribution in [3.05, 3.63) is 64.7 Å². The molecule has 1 N–H and O–H groups in total. The van der Waals surface area contributed by atoms with E-state index in [4.69, 9.17) is 6.42 Å². The van der Waals surface area contributed by atoms with Gasteiger partial charge in [-0.25, -0.2) is 0 Å². The SMILES string of the molecule is C#Cc1cccc(NC(=O)CCC(=O)c2ccc(C)c(C)c2)c1. The minimum Gasteiger partial charge on any atom is -0.326 e. The lowest BCUT2D eigenvalue weighted by Crippen LogP contribution is -2.13. The Morgan fingerprint density at radius 2 is 1.83 bits per heavy atom. The summed E-state index contributed by atoms with van der Waals surface area (Å²) in [6.45, 7) is 3.97. The fourth-order valence-corrected chi connectivity index (χ4v) is 2.20. The van der Waals surface area contributed by atoms with Crippen molar-refractivity contribution in [2.75, 3.05) is 5.32 Å². The van der Waals surface area contributed by atoms with E-state index in [1.807, 2.05) is 26.0 Å². The first-order valence-corrected chi connectivity index (χ1v) is 7.46. The maximum absolute atomic E-state index is 12.2. The van der Waals surface area contributed by atoms with Crippen LogP contribution in [0.5, 0.6) is 0 Å². The molecule has 0 aliphatic rings. The highest BCUT2D eigenvalue weighted by molar-refractivity contribution is 6.00. The van der Waals surface area contributed by atoms with Crippen molar-refractivity contribution in [1.82, 2.24) is 0 Å². The smallest absolute Gasteiger partial charge is 0.224 e. The van der Waals surface area contributed by atoms with Crippen LogP contribution in [0.3, 0.4) is 0 Å². The molecule has 0 aliphatic heterocycles. The van der Waals surface area contributed by atoms with Crippen molar-refractivity contribution in [3.63, 3.8) is 0 Å². The normalized spacial score (nSPS) is 9.96. The van der Waals surface area contributed by atoms with Crippen LogP contribution >= 0.6 is 0 Å². The fraction of sp³-hybridized carbons (Fsp3) is 0.200. The summed E-state index contributed by atoms with van der Waals surface area (Å²) in [5.74, 6) is 2.29. The van der Waals surface area contributed by atoms with Gasteiger partial charge in [0, 0.05) is 29.7 Å². The molecule has 116 valence electrons. The zero-order valence-corrected chi connectivity index (χ0v) is 13.3. The fourth-order valence-electron chi connectivity index (χ4n) is 2.20. The summed E-state index contributed by atoms with van der Waals surface area (Å²) < 4.78 is 0. The largest absolute Gasteiger partial charge is 0.326 e. The minimum atomic E-state index is -0.198. The quantitative estimate of drug-likeness (QED) is 0.673. The van der Waals surface area contributed by atoms with Gasteiger partial charge in [-0.1, -0.05) is 24.1 Å². The Balaban J connectivity index is 1.92. The molecular formula is C20H19NO2. The molecule has 2 rings (SSSR count). The molecule has 23 heavy (non-hydrogen) atoms. The summed E-state index contributed by atoms with van der Waals surface area (Å²) in [6, 6.07) is 12.7. The number of amides is 1. The molecule has 0 radical (unpaired) electrons. The van der Waals surface area contributed by atoms with E-state index in [1.54, 1.807) is 30.3 Å². The van der Waals surface area contributed by atoms with Gasteiger partial charge in [0.25, 0.3) is 0 Å². The molecule has 0 atom stereocenters. The molecule has 2 aromatic rings. The molecular weight excluding hydrogens is 286 g/mol. The summed E-state index contributed by atoms with van der Waals surface area (Å²) in [7, 11) is 0. The van der Waals surface area contributed by atoms with Gasteiger partial charge in [0.15, 0.2) is 5.78 Å². The molecule has 0 aromatic heterocycles. The molecule has 0 unspecified atom stereocenters. The van der Waals surface area contributed by atoms with Crippen molar-refractivity contribution in [2.45, 2.75) is 26.7 Å². The van der Waals surface area contributed by atoms with E-state index in [-0.39, 0.29) is 24.5 Å². The topological polar surface area (TPSA) is 46.2 Å². The van der Waals surface area contributed by atoms with Crippen LogP contribution in [0.25, 0.3) is 0 Å². The number of rotatable bonds is 5. The second-order valence-corrected chi connectivity index (χ2v) is 5.50. The zero-order valence-electron chi connectivity index (χ0n) is 13.3. The van der Waals surface area contributed by atoms with Crippen LogP contribution in [0.15, 0.2) is 42.5 Å². The van der Waals surface area contributed by atoms with Crippen molar-refractivity contribution < 1.29 is 9.59 Å². The number of Topliss-reactive ketones (excluding diaryl/α,β-unsaturated/α-hetero) is 1. The first kappa shape index (κ1) is 16.5. The summed E-state index contributed by atoms with van der Waals surface area (Å²) in [5.41, 5.74) is 4.22. The standard InChI is InChI=1S/C20H19NO2/c1-4-16-6-5-7-18(13-16)21-20(23)11-10-19(22)17-9-8-14(2)15(3)12-17/h1,5-9,12-13H,10-11H2,2-3H3,(H,21,23). The third-order valence-corrected chi connectivity index (χ3v) is 3.72. The van der Waals surface area contributed by atoms with Gasteiger partial charge in [0.1, 0.15) is 0 Å². The third kappa shape index (κ3) is 4.55. The van der Waals surface area contributed by atoms with Crippen LogP contribution in [-0.4, -0.2) is 11.7 Å². The highest BCUT2D eigenvalue weighted by Crippen LogP contribution is 2.14. The van der Waals surface area contributed by atoms with Crippen molar-refractivity contribution in [3.8, 4) is 12.3 Å². The first-order valence-electron chi connectivity index (χ1n) is 7.46. The predicted octanol–water partition coefficient (Wildman–Crippen LogP) is 3.89. The summed E-state index contributed by atoms with van der Waals surface area (Å²) >= 11 is 0. The number of aryl methyl sites for hydroxylation is 2. The average Bonchev–Trinajstić information content (AvgIpc) is 2.55. The molecule has 0 aliphatic carbocycles. The van der Waals surface area contributed by atoms with E-state index < -0.39 is 0 Å². The number of nitrogens with one attached hydrogen (secondary N) is 1. The Bertz CT molecular complexity index is 784. The molecule has 1 amide bonds. The molecule has 0 bridgehead atoms. The van der Waals surface area contributed by atoms with Crippen LogP contribution in [0, 0.1) is 26.2 Å². The van der Waals surface area contributed by atoms with Gasteiger partial charge in [0.05, 0.1) is 0 Å². The number of benzene rings is 2. The van der Waals surface area contributed by atoms with Gasteiger partial charge in [-0.3, -0.25) is 9.59 Å². The summed E-state index contributed by atoms with van der Waals surface area (Å²) in [6.07, 6.45) is 5.66. The van der Waals surface area contributed by atoms with Crippen LogP contribution in [0.2, 0.25) is 0 Å². The maximum atomic E-state index is 12.2. The Morgan fingerprint density at radius 3 is 2.52 bits per heavy atom. The van der Waals surface area contributed by atoms with E-state index in [0.717, 1.165) is 11.1 Å². The Labute approximate surface area is 136 Å². The van der Waals surface area contributed by atoms with E-state index in [2.05, 4.69) is 11.2 Å². The summed E-state index contributed by atoms with van der Waals surface area (Å²) in [5, 5.41) is 2.76. The van der Waals surface area contributed by atoms with Crippen LogP contribution < -0.4 is 5.32 Å². The number of hydrogen-bond donors (Lipinski definition) is 1. The lowest BCUT2D eigenvalue weighted by atomic mass is 10.0. The number of carbonyl (C=O) groups excluding carboxylic acids is 2. The Morgan fingerprint density at radius 1 is 1.04 bits per heavy atom. The molecule has 3 nitrogen and oxygen atoms in total. The average molecular weight is 305 g/mol. The zero-order chi connectivity index (χ0) is 16.8. The lowest BCUT2D eigenvalue weighted by Gasteiger charge is -2.07. The summed E-state index contributed by atoms with van der Waals surface area (Å²) in [4.78, 5) is 24.1. The van der Waals surface area contributed by atoms with Crippen LogP contribution in [0.4, 0.5) is 5.69 Å². The van der Waals surface area contributed by atoms with Gasteiger partial charge in [0.2, 0.25) is 5.91 Å². The van der Waals surface area contributed by atoms with Crippen molar-refractivity contribution >= 4 is 17.4 Å². The number of hydrogen-bond acceptors (Lipinski definition) is 2. The molecule has 0 saturated carbocycles. The highest BCUT2D eigenvalue weighted by atomic mass is 16.2. The maximum Gasteiger partial charge on any atom is 0.224 e. The lowest BCUT2D eigenvalue weighted by molar-refractivity contribution is -0.116. The molecule has 0 spiro atoms. The third-order valence-electron chi connectivity index (χ3n) is 3.72. The van der Waals surface area contributed by atoms with Gasteiger partial charge in [-0.2, -0.15) is 0 Å². The van der Waals surface area contributed by atoms with Crippen molar-refractivity contribution in [2.24, 2.45) is 0 Å². The van der Waals surface area contributed by atoms with Gasteiger partial charge >= 0.3 is 0 Å². The molecule has 0 fully saturated rings. The van der Waals surface area contributed by atoms with Crippen LogP contribution in [0.1, 0.15) is 39.9 Å². The number of ketones is 1. The van der Waals surface area contributed by atoms with E-state index >= 15 is 0 Å². The first-order chi connectivity index (χ1) is 11.0. The predicted molar refractivity (Wildman–Crippen MR) is 92.5 cm³/mol. The van der Waals surface area contributed by atoms with E-state index in [1.165, 1.54) is 0 Å². The number of anilines is 1. The Hall–Kier alpha value is -2.86. The molecule has 2 aromatic carbocycles. The van der Waals surface area contributed by atoms with Gasteiger partial charge < -0.3 is 5.32 Å². The van der Waals surface area contributed by atoms with Crippen molar-refractivity contribution in [1.29, 1.82) is 0 Å². The number of carbonyl (C=O) groups is 2. The van der Waals surface area contributed by atoms with E-state index in [0.29, 0.717) is 16.8 Å². The number of terminal acetylenes is 1. The highest BCUT2D eigenvalue weighted by Gasteiger charge is 2.10. The second kappa shape index (κ2) is 7.42.